The Morgan fingerprint density at radius 1 is 1.15 bits per heavy atom. The molecule has 2 amide bonds. The lowest BCUT2D eigenvalue weighted by Crippen LogP contribution is -2.41. The molecule has 0 bridgehead atoms. The van der Waals surface area contributed by atoms with Crippen LogP contribution in [0.5, 0.6) is 5.75 Å². The average molecular weight is 488 g/mol. The van der Waals surface area contributed by atoms with Gasteiger partial charge >= 0.3 is 0 Å². The smallest absolute Gasteiger partial charge is 0.258 e. The molecule has 34 heavy (non-hydrogen) atoms. The fourth-order valence-corrected chi connectivity index (χ4v) is 4.94. The number of rotatable bonds is 11. The fourth-order valence-electron chi connectivity index (χ4n) is 4.11. The van der Waals surface area contributed by atoms with Crippen molar-refractivity contribution in [3.63, 3.8) is 0 Å². The van der Waals surface area contributed by atoms with E-state index in [0.29, 0.717) is 40.9 Å². The molecule has 3 rings (SSSR count). The molecule has 1 aliphatic carbocycles. The Balaban J connectivity index is 1.44. The number of benzene rings is 1. The lowest BCUT2D eigenvalue weighted by atomic mass is 9.86. The van der Waals surface area contributed by atoms with Gasteiger partial charge in [-0.3, -0.25) is 9.59 Å². The molecule has 9 heteroatoms. The van der Waals surface area contributed by atoms with Crippen LogP contribution < -0.4 is 15.4 Å². The van der Waals surface area contributed by atoms with Crippen molar-refractivity contribution in [1.82, 2.24) is 25.4 Å². The zero-order chi connectivity index (χ0) is 24.5. The summed E-state index contributed by atoms with van der Waals surface area (Å²) in [6.07, 6.45) is 4.65. The molecule has 0 radical (unpaired) electrons. The van der Waals surface area contributed by atoms with Gasteiger partial charge in [-0.05, 0) is 49.3 Å². The van der Waals surface area contributed by atoms with Gasteiger partial charge in [-0.15, -0.1) is 10.2 Å². The van der Waals surface area contributed by atoms with Crippen LogP contribution >= 0.6 is 11.8 Å². The Labute approximate surface area is 206 Å². The molecular formula is C25H37N5O3S. The summed E-state index contributed by atoms with van der Waals surface area (Å²) in [4.78, 5) is 24.7. The van der Waals surface area contributed by atoms with Crippen molar-refractivity contribution in [3.05, 3.63) is 35.7 Å². The third-order valence-corrected chi connectivity index (χ3v) is 7.23. The second-order valence-corrected chi connectivity index (χ2v) is 10.1. The Morgan fingerprint density at radius 3 is 2.56 bits per heavy atom. The molecule has 1 fully saturated rings. The summed E-state index contributed by atoms with van der Waals surface area (Å²) in [6, 6.07) is 8.05. The topological polar surface area (TPSA) is 98.1 Å². The Bertz CT molecular complexity index is 945. The summed E-state index contributed by atoms with van der Waals surface area (Å²) < 4.78 is 7.51. The first kappa shape index (κ1) is 26.1. The number of carbonyl (C=O) groups excluding carboxylic acids is 2. The van der Waals surface area contributed by atoms with E-state index in [-0.39, 0.29) is 31.0 Å². The normalized spacial score (nSPS) is 18.0. The summed E-state index contributed by atoms with van der Waals surface area (Å²) >= 11 is 1.38. The number of nitrogens with one attached hydrogen (secondary N) is 2. The van der Waals surface area contributed by atoms with Gasteiger partial charge in [0.15, 0.2) is 17.6 Å². The standard InChI is InChI=1S/C25H37N5O3S/c1-5-30-22(14-26-23(31)15-33-20-12-10-19(11-13-20)17(2)3)28-29-25(30)34-16-24(32)27-21-9-7-6-8-18(21)4/h10-13,17-18,21H,5-9,14-16H2,1-4H3,(H,26,31)(H,27,32)/t18-,21-/m0/s1. The van der Waals surface area contributed by atoms with E-state index in [0.717, 1.165) is 6.42 Å². The summed E-state index contributed by atoms with van der Waals surface area (Å²) in [7, 11) is 0. The number of carbonyl (C=O) groups is 2. The predicted octanol–water partition coefficient (Wildman–Crippen LogP) is 3.90. The highest BCUT2D eigenvalue weighted by Gasteiger charge is 2.23. The number of hydrogen-bond donors (Lipinski definition) is 2. The van der Waals surface area contributed by atoms with Crippen LogP contribution in [0, 0.1) is 5.92 Å². The third kappa shape index (κ3) is 7.48. The maximum Gasteiger partial charge on any atom is 0.258 e. The van der Waals surface area contributed by atoms with Crippen LogP contribution in [0.1, 0.15) is 70.7 Å². The van der Waals surface area contributed by atoms with Crippen molar-refractivity contribution in [2.45, 2.75) is 83.6 Å². The SMILES string of the molecule is CCn1c(CNC(=O)COc2ccc(C(C)C)cc2)nnc1SCC(=O)N[C@H]1CCCC[C@@H]1C. The van der Waals surface area contributed by atoms with Crippen LogP contribution in [0.3, 0.4) is 0 Å². The van der Waals surface area contributed by atoms with Crippen molar-refractivity contribution >= 4 is 23.6 Å². The minimum Gasteiger partial charge on any atom is -0.484 e. The van der Waals surface area contributed by atoms with Gasteiger partial charge in [0, 0.05) is 12.6 Å². The average Bonchev–Trinajstić information content (AvgIpc) is 3.23. The van der Waals surface area contributed by atoms with E-state index < -0.39 is 0 Å². The van der Waals surface area contributed by atoms with Gasteiger partial charge in [0.25, 0.3) is 5.91 Å². The predicted molar refractivity (Wildman–Crippen MR) is 134 cm³/mol. The maximum atomic E-state index is 12.4. The van der Waals surface area contributed by atoms with Crippen molar-refractivity contribution < 1.29 is 14.3 Å². The van der Waals surface area contributed by atoms with E-state index in [4.69, 9.17) is 4.74 Å². The van der Waals surface area contributed by atoms with Crippen LogP contribution in [0.2, 0.25) is 0 Å². The van der Waals surface area contributed by atoms with E-state index in [1.54, 1.807) is 0 Å². The minimum absolute atomic E-state index is 0.0304. The molecule has 186 valence electrons. The summed E-state index contributed by atoms with van der Waals surface area (Å²) in [6.45, 7) is 9.31. The Morgan fingerprint density at radius 2 is 1.88 bits per heavy atom. The zero-order valence-electron chi connectivity index (χ0n) is 20.7. The van der Waals surface area contributed by atoms with Crippen LogP contribution in [-0.2, 0) is 22.7 Å². The van der Waals surface area contributed by atoms with Crippen LogP contribution in [0.25, 0.3) is 0 Å². The minimum atomic E-state index is -0.228. The molecule has 1 aromatic heterocycles. The largest absolute Gasteiger partial charge is 0.484 e. The molecule has 0 spiro atoms. The summed E-state index contributed by atoms with van der Waals surface area (Å²) in [5.41, 5.74) is 1.23. The Hall–Kier alpha value is -2.55. The summed E-state index contributed by atoms with van der Waals surface area (Å²) in [5, 5.41) is 15.1. The Kier molecular flexibility index (Phi) is 9.80. The van der Waals surface area contributed by atoms with Gasteiger partial charge in [-0.2, -0.15) is 0 Å². The van der Waals surface area contributed by atoms with Crippen molar-refractivity contribution in [2.24, 2.45) is 5.92 Å². The van der Waals surface area contributed by atoms with E-state index in [1.165, 1.54) is 36.6 Å². The fraction of sp³-hybridized carbons (Fsp3) is 0.600. The molecule has 1 aromatic carbocycles. The zero-order valence-corrected chi connectivity index (χ0v) is 21.5. The van der Waals surface area contributed by atoms with Gasteiger partial charge in [0.1, 0.15) is 5.75 Å². The number of amides is 2. The molecule has 1 aliphatic rings. The lowest BCUT2D eigenvalue weighted by molar-refractivity contribution is -0.123. The second kappa shape index (κ2) is 12.8. The molecule has 0 aliphatic heterocycles. The van der Waals surface area contributed by atoms with Crippen LogP contribution in [0.15, 0.2) is 29.4 Å². The summed E-state index contributed by atoms with van der Waals surface area (Å²) in [5.74, 6) is 2.40. The van der Waals surface area contributed by atoms with Gasteiger partial charge < -0.3 is 19.9 Å². The van der Waals surface area contributed by atoms with Crippen molar-refractivity contribution in [3.8, 4) is 5.75 Å². The molecule has 0 unspecified atom stereocenters. The highest BCUT2D eigenvalue weighted by Crippen LogP contribution is 2.24. The van der Waals surface area contributed by atoms with Gasteiger partial charge in [-0.1, -0.05) is 57.5 Å². The van der Waals surface area contributed by atoms with E-state index >= 15 is 0 Å². The molecule has 2 aromatic rings. The van der Waals surface area contributed by atoms with Crippen molar-refractivity contribution in [1.29, 1.82) is 0 Å². The third-order valence-electron chi connectivity index (χ3n) is 6.26. The van der Waals surface area contributed by atoms with E-state index in [9.17, 15) is 9.59 Å². The molecule has 1 heterocycles. The van der Waals surface area contributed by atoms with Crippen LogP contribution in [-0.4, -0.2) is 45.0 Å². The number of thioether (sulfide) groups is 1. The molecule has 8 nitrogen and oxygen atoms in total. The monoisotopic (exact) mass is 487 g/mol. The van der Waals surface area contributed by atoms with Crippen molar-refractivity contribution in [2.75, 3.05) is 12.4 Å². The number of nitrogens with zero attached hydrogens (tertiary/aromatic N) is 3. The molecule has 0 saturated heterocycles. The van der Waals surface area contributed by atoms with Gasteiger partial charge in [0.05, 0.1) is 12.3 Å². The van der Waals surface area contributed by atoms with E-state index in [2.05, 4.69) is 41.6 Å². The van der Waals surface area contributed by atoms with Gasteiger partial charge in [-0.25, -0.2) is 0 Å². The number of hydrogen-bond acceptors (Lipinski definition) is 6. The maximum absolute atomic E-state index is 12.4. The first-order chi connectivity index (χ1) is 16.4. The molecule has 2 atom stereocenters. The lowest BCUT2D eigenvalue weighted by Gasteiger charge is -2.29. The molecule has 2 N–H and O–H groups in total. The van der Waals surface area contributed by atoms with E-state index in [1.807, 2.05) is 35.8 Å². The highest BCUT2D eigenvalue weighted by molar-refractivity contribution is 7.99. The highest BCUT2D eigenvalue weighted by atomic mass is 32.2. The number of ether oxygens (including phenoxy) is 1. The molecule has 1 saturated carbocycles. The first-order valence-corrected chi connectivity index (χ1v) is 13.2. The molecular weight excluding hydrogens is 450 g/mol. The first-order valence-electron chi connectivity index (χ1n) is 12.2. The quantitative estimate of drug-likeness (QED) is 0.467. The second-order valence-electron chi connectivity index (χ2n) is 9.16. The van der Waals surface area contributed by atoms with Crippen LogP contribution in [0.4, 0.5) is 0 Å². The number of aromatic nitrogens is 3. The van der Waals surface area contributed by atoms with Gasteiger partial charge in [0.2, 0.25) is 5.91 Å².